The summed E-state index contributed by atoms with van der Waals surface area (Å²) in [5, 5.41) is 9.76. The first-order valence-electron chi connectivity index (χ1n) is 14.5. The molecule has 3 aliphatic rings. The Hall–Kier alpha value is -3.62. The molecule has 0 unspecified atom stereocenters. The van der Waals surface area contributed by atoms with E-state index < -0.39 is 5.97 Å². The summed E-state index contributed by atoms with van der Waals surface area (Å²) >= 11 is 6.36. The quantitative estimate of drug-likeness (QED) is 0.326. The van der Waals surface area contributed by atoms with E-state index in [-0.39, 0.29) is 23.7 Å². The van der Waals surface area contributed by atoms with Crippen molar-refractivity contribution in [1.29, 1.82) is 0 Å². The maximum absolute atomic E-state index is 13.8. The van der Waals surface area contributed by atoms with Gasteiger partial charge in [-0.25, -0.2) is 14.6 Å². The molecule has 2 saturated heterocycles. The summed E-state index contributed by atoms with van der Waals surface area (Å²) in [5.41, 5.74) is 2.43. The van der Waals surface area contributed by atoms with Crippen LogP contribution in [0.4, 0.5) is 4.79 Å². The van der Waals surface area contributed by atoms with Crippen molar-refractivity contribution in [2.24, 2.45) is 0 Å². The molecule has 214 valence electrons. The molecule has 2 aromatic carbocycles. The van der Waals surface area contributed by atoms with E-state index in [1.165, 1.54) is 25.0 Å². The van der Waals surface area contributed by atoms with E-state index in [2.05, 4.69) is 25.8 Å². The molecular weight excluding hydrogens is 540 g/mol. The summed E-state index contributed by atoms with van der Waals surface area (Å²) in [5.74, 6) is 0.0281. The third kappa shape index (κ3) is 6.19. The summed E-state index contributed by atoms with van der Waals surface area (Å²) in [6.07, 6.45) is 8.31. The Morgan fingerprint density at radius 3 is 2.39 bits per heavy atom. The van der Waals surface area contributed by atoms with Gasteiger partial charge in [-0.2, -0.15) is 0 Å². The van der Waals surface area contributed by atoms with Gasteiger partial charge in [0.05, 0.1) is 11.6 Å². The number of amides is 2. The van der Waals surface area contributed by atoms with Crippen molar-refractivity contribution in [3.63, 3.8) is 0 Å². The van der Waals surface area contributed by atoms with Crippen molar-refractivity contribution >= 4 is 23.6 Å². The molecule has 1 aromatic heterocycles. The standard InChI is InChI=1S/C32H35ClN4O4/c33-25-5-3-4-24(18-25)29-21-36(26-6-1-2-7-26)32(40)37(29)27-14-16-35(17-15-27)20-22-8-13-30(34-19-22)41-28-11-9-23(10-12-28)31(38)39/h3-5,8-13,18-19,26-27,29H,1-2,6-7,14-17,20-21H2,(H,38,39)/t29-/m0/s1. The Morgan fingerprint density at radius 1 is 0.976 bits per heavy atom. The fourth-order valence-electron chi connectivity index (χ4n) is 6.51. The van der Waals surface area contributed by atoms with Crippen LogP contribution in [0.15, 0.2) is 66.9 Å². The summed E-state index contributed by atoms with van der Waals surface area (Å²) in [6.45, 7) is 3.35. The third-order valence-electron chi connectivity index (χ3n) is 8.65. The highest BCUT2D eigenvalue weighted by Crippen LogP contribution is 2.39. The van der Waals surface area contributed by atoms with E-state index in [0.717, 1.165) is 63.0 Å². The zero-order chi connectivity index (χ0) is 28.3. The number of halogens is 1. The third-order valence-corrected chi connectivity index (χ3v) is 8.88. The Balaban J connectivity index is 1.07. The zero-order valence-corrected chi connectivity index (χ0v) is 23.7. The average molecular weight is 575 g/mol. The number of aromatic carboxylic acids is 1. The van der Waals surface area contributed by atoms with Gasteiger partial charge >= 0.3 is 12.0 Å². The van der Waals surface area contributed by atoms with Crippen LogP contribution in [-0.2, 0) is 6.54 Å². The molecular formula is C32H35ClN4O4. The molecule has 1 N–H and O–H groups in total. The lowest BCUT2D eigenvalue weighted by atomic mass is 9.99. The largest absolute Gasteiger partial charge is 0.478 e. The predicted molar refractivity (Wildman–Crippen MR) is 156 cm³/mol. The number of carboxylic acids is 1. The second-order valence-corrected chi connectivity index (χ2v) is 11.7. The highest BCUT2D eigenvalue weighted by atomic mass is 35.5. The first kappa shape index (κ1) is 27.5. The normalized spacial score (nSPS) is 20.6. The Kier molecular flexibility index (Phi) is 8.12. The van der Waals surface area contributed by atoms with E-state index in [4.69, 9.17) is 21.4 Å². The summed E-state index contributed by atoms with van der Waals surface area (Å²) in [6, 6.07) is 18.9. The minimum atomic E-state index is -0.970. The van der Waals surface area contributed by atoms with Crippen molar-refractivity contribution in [3.8, 4) is 11.6 Å². The van der Waals surface area contributed by atoms with E-state index in [1.54, 1.807) is 12.1 Å². The van der Waals surface area contributed by atoms with Crippen LogP contribution in [-0.4, -0.2) is 68.5 Å². The van der Waals surface area contributed by atoms with Gasteiger partial charge < -0.3 is 19.6 Å². The van der Waals surface area contributed by atoms with Gasteiger partial charge in [-0.1, -0.05) is 42.6 Å². The Morgan fingerprint density at radius 2 is 1.73 bits per heavy atom. The fraction of sp³-hybridized carbons (Fsp3) is 0.406. The Bertz CT molecular complexity index is 1370. The van der Waals surface area contributed by atoms with Crippen LogP contribution in [0.1, 0.15) is 66.1 Å². The highest BCUT2D eigenvalue weighted by Gasteiger charge is 2.45. The van der Waals surface area contributed by atoms with E-state index >= 15 is 0 Å². The minimum absolute atomic E-state index is 0.0374. The SMILES string of the molecule is O=C(O)c1ccc(Oc2ccc(CN3CCC(N4C(=O)N(C5CCCC5)C[C@H]4c4cccc(Cl)c4)CC3)cn2)cc1. The molecule has 2 aliphatic heterocycles. The van der Waals surface area contributed by atoms with Crippen molar-refractivity contribution in [2.75, 3.05) is 19.6 Å². The van der Waals surface area contributed by atoms with Gasteiger partial charge in [-0.05, 0) is 73.2 Å². The van der Waals surface area contributed by atoms with Gasteiger partial charge in [0.1, 0.15) is 5.75 Å². The lowest BCUT2D eigenvalue weighted by molar-refractivity contribution is 0.0696. The molecule has 2 amide bonds. The Labute approximate surface area is 245 Å². The number of carbonyl (C=O) groups is 2. The molecule has 9 heteroatoms. The van der Waals surface area contributed by atoms with Gasteiger partial charge in [-0.15, -0.1) is 0 Å². The first-order chi connectivity index (χ1) is 19.9. The van der Waals surface area contributed by atoms with Crippen LogP contribution >= 0.6 is 11.6 Å². The molecule has 0 bridgehead atoms. The van der Waals surface area contributed by atoms with Crippen LogP contribution in [0.2, 0.25) is 5.02 Å². The highest BCUT2D eigenvalue weighted by molar-refractivity contribution is 6.30. The maximum atomic E-state index is 13.8. The molecule has 0 spiro atoms. The number of hydrogen-bond donors (Lipinski definition) is 1. The fourth-order valence-corrected chi connectivity index (χ4v) is 6.71. The molecule has 6 rings (SSSR count). The minimum Gasteiger partial charge on any atom is -0.478 e. The molecule has 1 saturated carbocycles. The van der Waals surface area contributed by atoms with Crippen LogP contribution in [0.5, 0.6) is 11.6 Å². The number of pyridine rings is 1. The van der Waals surface area contributed by atoms with E-state index in [0.29, 0.717) is 22.7 Å². The molecule has 3 heterocycles. The number of nitrogens with zero attached hydrogens (tertiary/aromatic N) is 4. The molecule has 8 nitrogen and oxygen atoms in total. The number of ether oxygens (including phenoxy) is 1. The van der Waals surface area contributed by atoms with E-state index in [1.807, 2.05) is 36.5 Å². The molecule has 0 radical (unpaired) electrons. The number of carbonyl (C=O) groups excluding carboxylic acids is 1. The number of likely N-dealkylation sites (tertiary alicyclic amines) is 1. The van der Waals surface area contributed by atoms with Crippen LogP contribution in [0, 0.1) is 0 Å². The molecule has 1 aliphatic carbocycles. The van der Waals surface area contributed by atoms with Gasteiger partial charge in [0.25, 0.3) is 0 Å². The topological polar surface area (TPSA) is 86.2 Å². The maximum Gasteiger partial charge on any atom is 0.335 e. The molecule has 1 atom stereocenters. The summed E-state index contributed by atoms with van der Waals surface area (Å²) in [4.78, 5) is 36.0. The average Bonchev–Trinajstić information content (AvgIpc) is 3.63. The number of hydrogen-bond acceptors (Lipinski definition) is 5. The monoisotopic (exact) mass is 574 g/mol. The summed E-state index contributed by atoms with van der Waals surface area (Å²) in [7, 11) is 0. The number of aromatic nitrogens is 1. The lowest BCUT2D eigenvalue weighted by Crippen LogP contribution is -2.47. The molecule has 41 heavy (non-hydrogen) atoms. The first-order valence-corrected chi connectivity index (χ1v) is 14.9. The van der Waals surface area contributed by atoms with Crippen molar-refractivity contribution < 1.29 is 19.4 Å². The van der Waals surface area contributed by atoms with Gasteiger partial charge in [-0.3, -0.25) is 4.90 Å². The predicted octanol–water partition coefficient (Wildman–Crippen LogP) is 6.61. The molecule has 3 fully saturated rings. The second-order valence-electron chi connectivity index (χ2n) is 11.3. The number of rotatable bonds is 8. The second kappa shape index (κ2) is 12.1. The van der Waals surface area contributed by atoms with Crippen molar-refractivity contribution in [2.45, 2.75) is 63.2 Å². The van der Waals surface area contributed by atoms with Crippen molar-refractivity contribution in [1.82, 2.24) is 19.7 Å². The van der Waals surface area contributed by atoms with E-state index in [9.17, 15) is 9.59 Å². The van der Waals surface area contributed by atoms with Gasteiger partial charge in [0.15, 0.2) is 0 Å². The van der Waals surface area contributed by atoms with Gasteiger partial charge in [0, 0.05) is 55.5 Å². The van der Waals surface area contributed by atoms with Crippen molar-refractivity contribution in [3.05, 3.63) is 88.6 Å². The van der Waals surface area contributed by atoms with Crippen LogP contribution in [0.3, 0.4) is 0 Å². The van der Waals surface area contributed by atoms with Gasteiger partial charge in [0.2, 0.25) is 5.88 Å². The zero-order valence-electron chi connectivity index (χ0n) is 23.0. The number of urea groups is 1. The number of piperidine rings is 1. The molecule has 3 aromatic rings. The summed E-state index contributed by atoms with van der Waals surface area (Å²) < 4.78 is 5.77. The van der Waals surface area contributed by atoms with Crippen LogP contribution in [0.25, 0.3) is 0 Å². The number of benzene rings is 2. The smallest absolute Gasteiger partial charge is 0.335 e. The van der Waals surface area contributed by atoms with Crippen LogP contribution < -0.4 is 4.74 Å². The number of carboxylic acid groups (broad SMARTS) is 1. The lowest BCUT2D eigenvalue weighted by Gasteiger charge is -2.39.